The van der Waals surface area contributed by atoms with Crippen molar-refractivity contribution in [3.05, 3.63) is 86.5 Å². The molecule has 332 valence electrons. The molecule has 0 aliphatic heterocycles. The lowest BCUT2D eigenvalue weighted by Crippen LogP contribution is -2.35. The van der Waals surface area contributed by atoms with Crippen LogP contribution >= 0.6 is 15.6 Å². The van der Waals surface area contributed by atoms with Crippen molar-refractivity contribution >= 4 is 15.6 Å². The lowest BCUT2D eigenvalue weighted by Gasteiger charge is -2.42. The van der Waals surface area contributed by atoms with Gasteiger partial charge in [-0.1, -0.05) is 127 Å². The summed E-state index contributed by atoms with van der Waals surface area (Å²) in [6.45, 7) is 27.3. The Morgan fingerprint density at radius 3 is 1.37 bits per heavy atom. The summed E-state index contributed by atoms with van der Waals surface area (Å²) in [4.78, 5) is 20.6. The van der Waals surface area contributed by atoms with Crippen LogP contribution in [0.2, 0.25) is 0 Å². The molecule has 2 atom stereocenters. The van der Waals surface area contributed by atoms with Crippen molar-refractivity contribution in [1.29, 1.82) is 0 Å². The Morgan fingerprint density at radius 1 is 0.576 bits per heavy atom. The summed E-state index contributed by atoms with van der Waals surface area (Å²) in [6, 6.07) is 10.6. The van der Waals surface area contributed by atoms with Gasteiger partial charge in [-0.3, -0.25) is 9.05 Å². The van der Waals surface area contributed by atoms with E-state index in [0.717, 1.165) is 55.2 Å². The van der Waals surface area contributed by atoms with Crippen LogP contribution in [-0.4, -0.2) is 31.7 Å². The highest BCUT2D eigenvalue weighted by Crippen LogP contribution is 2.67. The molecule has 0 bridgehead atoms. The molecule has 0 saturated heterocycles. The third-order valence-electron chi connectivity index (χ3n) is 11.2. The fourth-order valence-corrected chi connectivity index (χ4v) is 10.6. The molecule has 12 heteroatoms. The van der Waals surface area contributed by atoms with Crippen molar-refractivity contribution in [3.8, 4) is 17.2 Å². The van der Waals surface area contributed by atoms with E-state index in [-0.39, 0.29) is 30.3 Å². The lowest BCUT2D eigenvalue weighted by atomic mass is 9.71. The second kappa shape index (κ2) is 19.6. The molecular weight excluding hydrogens is 786 g/mol. The summed E-state index contributed by atoms with van der Waals surface area (Å²) in [7, 11) is -10.7. The zero-order valence-corrected chi connectivity index (χ0v) is 40.1. The minimum absolute atomic E-state index is 0.0300. The van der Waals surface area contributed by atoms with Crippen LogP contribution in [0.4, 0.5) is 0 Å². The summed E-state index contributed by atoms with van der Waals surface area (Å²) >= 11 is 0. The molecule has 3 rings (SSSR count). The zero-order valence-electron chi connectivity index (χ0n) is 38.3. The number of unbranched alkanes of at least 4 members (excludes halogenated alkanes) is 7. The Kier molecular flexibility index (Phi) is 16.8. The van der Waals surface area contributed by atoms with Crippen LogP contribution < -0.4 is 0 Å². The van der Waals surface area contributed by atoms with Gasteiger partial charge in [-0.05, 0) is 136 Å². The molecule has 0 aromatic heterocycles. The molecule has 0 heterocycles. The molecule has 59 heavy (non-hydrogen) atoms. The molecule has 3 aromatic carbocycles. The van der Waals surface area contributed by atoms with Crippen LogP contribution in [0.5, 0.6) is 17.2 Å². The number of hydrogen-bond donors (Lipinski definition) is 5. The molecule has 0 saturated carbocycles. The van der Waals surface area contributed by atoms with E-state index in [1.165, 1.54) is 6.42 Å². The molecule has 0 amide bonds. The second-order valence-electron chi connectivity index (χ2n) is 19.7. The number of aromatic hydroxyl groups is 3. The highest BCUT2D eigenvalue weighted by molar-refractivity contribution is 7.61. The molecule has 0 aliphatic rings. The van der Waals surface area contributed by atoms with Crippen molar-refractivity contribution in [3.63, 3.8) is 0 Å². The summed E-state index contributed by atoms with van der Waals surface area (Å²) in [5.74, 6) is -0.173. The van der Waals surface area contributed by atoms with Gasteiger partial charge >= 0.3 is 15.6 Å². The lowest BCUT2D eigenvalue weighted by molar-refractivity contribution is 0.0354. The van der Waals surface area contributed by atoms with Crippen LogP contribution in [-0.2, 0) is 44.3 Å². The fourth-order valence-electron chi connectivity index (χ4n) is 8.14. The van der Waals surface area contributed by atoms with E-state index in [4.69, 9.17) is 13.4 Å². The summed E-state index contributed by atoms with van der Waals surface area (Å²) in [5.41, 5.74) is 2.14. The monoisotopic (exact) mass is 860 g/mol. The quantitative estimate of drug-likeness (QED) is 0.0579. The minimum atomic E-state index is -5.50. The molecular formula is C47H74O10P2. The molecule has 0 fully saturated rings. The number of aryl methyl sites for hydroxylation is 3. The molecule has 0 radical (unpaired) electrons. The van der Waals surface area contributed by atoms with Gasteiger partial charge in [0.1, 0.15) is 22.8 Å². The second-order valence-corrected chi connectivity index (χ2v) is 22.7. The molecule has 2 unspecified atom stereocenters. The van der Waals surface area contributed by atoms with Gasteiger partial charge in [0.2, 0.25) is 0 Å². The van der Waals surface area contributed by atoms with Crippen molar-refractivity contribution in [2.75, 3.05) is 6.61 Å². The minimum Gasteiger partial charge on any atom is -0.508 e. The first kappa shape index (κ1) is 50.7. The fraction of sp³-hybridized carbons (Fsp3) is 0.617. The van der Waals surface area contributed by atoms with E-state index in [1.807, 2.05) is 94.4 Å². The first-order valence-electron chi connectivity index (χ1n) is 21.2. The molecule has 0 spiro atoms. The van der Waals surface area contributed by atoms with Crippen LogP contribution in [0.15, 0.2) is 36.4 Å². The van der Waals surface area contributed by atoms with Crippen LogP contribution in [0.1, 0.15) is 190 Å². The van der Waals surface area contributed by atoms with E-state index in [1.54, 1.807) is 32.0 Å². The highest BCUT2D eigenvalue weighted by Gasteiger charge is 2.50. The average Bonchev–Trinajstić information content (AvgIpc) is 3.04. The molecule has 5 N–H and O–H groups in total. The topological polar surface area (TPSA) is 163 Å². The predicted octanol–water partition coefficient (Wildman–Crippen LogP) is 13.4. The van der Waals surface area contributed by atoms with E-state index in [2.05, 4.69) is 6.92 Å². The molecule has 10 nitrogen and oxygen atoms in total. The summed E-state index contributed by atoms with van der Waals surface area (Å²) in [5, 5.41) is 33.9. The van der Waals surface area contributed by atoms with E-state index in [0.29, 0.717) is 39.8 Å². The number of phenolic OH excluding ortho intramolecular Hbond substituents is 3. The van der Waals surface area contributed by atoms with E-state index < -0.39 is 43.4 Å². The van der Waals surface area contributed by atoms with Gasteiger partial charge in [0.05, 0.1) is 6.61 Å². The number of rotatable bonds is 19. The Morgan fingerprint density at radius 2 is 0.966 bits per heavy atom. The summed E-state index contributed by atoms with van der Waals surface area (Å²) in [6.07, 6.45) is 7.80. The Balaban J connectivity index is 2.48. The average molecular weight is 861 g/mol. The first-order valence-corrected chi connectivity index (χ1v) is 24.2. The van der Waals surface area contributed by atoms with Crippen LogP contribution in [0.3, 0.4) is 0 Å². The Labute approximate surface area is 355 Å². The maximum atomic E-state index is 15.2. The van der Waals surface area contributed by atoms with Crippen molar-refractivity contribution in [1.82, 2.24) is 0 Å². The Bertz CT molecular complexity index is 1930. The summed E-state index contributed by atoms with van der Waals surface area (Å²) < 4.78 is 46.0. The standard InChI is InChI=1S/C47H74O10P2/c1-15-16-17-18-19-20-21-22-23-55-59(54,57-58(51,52)53)56-47(36-28-39(45(9,10)11)42(49)25-32(36)3,37-29-40(46(12,13)14)43(50)26-33(37)4)30-34(5)35-27-38(44(6,7)8)41(48)24-31(35)2/h24-29,34,48-50H,15-23,30H2,1-14H3,(H2,51,52,53). The third kappa shape index (κ3) is 13.4. The maximum Gasteiger partial charge on any atom is 0.484 e. The van der Waals surface area contributed by atoms with Gasteiger partial charge in [0.15, 0.2) is 0 Å². The zero-order chi connectivity index (χ0) is 44.9. The normalized spacial score (nSPS) is 14.7. The first-order chi connectivity index (χ1) is 27.0. The van der Waals surface area contributed by atoms with Gasteiger partial charge in [-0.25, -0.2) is 9.13 Å². The van der Waals surface area contributed by atoms with Crippen molar-refractivity contribution in [2.24, 2.45) is 0 Å². The van der Waals surface area contributed by atoms with E-state index in [9.17, 15) is 29.7 Å². The van der Waals surface area contributed by atoms with Gasteiger partial charge in [-0.2, -0.15) is 4.31 Å². The van der Waals surface area contributed by atoms with Gasteiger partial charge in [0.25, 0.3) is 0 Å². The van der Waals surface area contributed by atoms with Crippen molar-refractivity contribution < 1.29 is 47.6 Å². The SMILES string of the molecule is CCCCCCCCCCOP(=O)(OC(CC(C)c1cc(C(C)(C)C)c(O)cc1C)(c1cc(C(C)(C)C)c(O)cc1C)c1cc(C(C)(C)C)c(O)cc1C)OP(=O)(O)O. The largest absolute Gasteiger partial charge is 0.508 e. The van der Waals surface area contributed by atoms with Crippen LogP contribution in [0.25, 0.3) is 0 Å². The Hall–Kier alpha value is -2.68. The third-order valence-corrected chi connectivity index (χ3v) is 13.9. The van der Waals surface area contributed by atoms with Gasteiger partial charge in [-0.15, -0.1) is 0 Å². The smallest absolute Gasteiger partial charge is 0.484 e. The number of hydrogen-bond acceptors (Lipinski definition) is 8. The van der Waals surface area contributed by atoms with Gasteiger partial charge < -0.3 is 25.1 Å². The number of benzene rings is 3. The van der Waals surface area contributed by atoms with Crippen molar-refractivity contribution in [2.45, 2.75) is 182 Å². The van der Waals surface area contributed by atoms with Crippen LogP contribution in [0, 0.1) is 20.8 Å². The molecule has 3 aromatic rings. The maximum absolute atomic E-state index is 15.2. The van der Waals surface area contributed by atoms with E-state index >= 15 is 4.57 Å². The highest BCUT2D eigenvalue weighted by atomic mass is 31.3. The number of phenols is 3. The van der Waals surface area contributed by atoms with Gasteiger partial charge in [0, 0.05) is 0 Å². The predicted molar refractivity (Wildman–Crippen MR) is 239 cm³/mol. The molecule has 0 aliphatic carbocycles. The number of phosphoric ester groups is 1. The number of phosphoric acid groups is 2.